The molecule has 17 heavy (non-hydrogen) atoms. The predicted molar refractivity (Wildman–Crippen MR) is 69.7 cm³/mol. The van der Waals surface area contributed by atoms with Crippen molar-refractivity contribution in [3.8, 4) is 0 Å². The molecule has 1 aliphatic rings. The highest BCUT2D eigenvalue weighted by molar-refractivity contribution is 5.56. The van der Waals surface area contributed by atoms with Crippen molar-refractivity contribution < 1.29 is 0 Å². The number of nitrogens with two attached hydrogens (primary N) is 1. The van der Waals surface area contributed by atoms with Crippen molar-refractivity contribution in [2.24, 2.45) is 5.84 Å². The SMILES string of the molecule is Cc1c(NN)ncnc1NC1(C)CCCCC1. The van der Waals surface area contributed by atoms with Gasteiger partial charge in [-0.1, -0.05) is 19.3 Å². The zero-order valence-electron chi connectivity index (χ0n) is 10.6. The first-order valence-corrected chi connectivity index (χ1v) is 6.21. The van der Waals surface area contributed by atoms with Crippen molar-refractivity contribution in [3.05, 3.63) is 11.9 Å². The Morgan fingerprint density at radius 2 is 1.82 bits per heavy atom. The van der Waals surface area contributed by atoms with E-state index in [1.54, 1.807) is 0 Å². The van der Waals surface area contributed by atoms with Crippen LogP contribution in [0.15, 0.2) is 6.33 Å². The molecule has 0 saturated heterocycles. The predicted octanol–water partition coefficient (Wildman–Crippen LogP) is 2.21. The summed E-state index contributed by atoms with van der Waals surface area (Å²) in [6.07, 6.45) is 7.85. The summed E-state index contributed by atoms with van der Waals surface area (Å²) in [5.41, 5.74) is 3.72. The van der Waals surface area contributed by atoms with Gasteiger partial charge in [-0.25, -0.2) is 15.8 Å². The van der Waals surface area contributed by atoms with Gasteiger partial charge in [-0.05, 0) is 26.7 Å². The molecule has 0 spiro atoms. The van der Waals surface area contributed by atoms with Gasteiger partial charge in [0.05, 0.1) is 0 Å². The first kappa shape index (κ1) is 12.1. The minimum absolute atomic E-state index is 0.156. The molecule has 1 aromatic rings. The lowest BCUT2D eigenvalue weighted by Gasteiger charge is -2.35. The molecule has 5 nitrogen and oxygen atoms in total. The van der Waals surface area contributed by atoms with Gasteiger partial charge in [0.25, 0.3) is 0 Å². The number of aromatic nitrogens is 2. The number of nitrogens with one attached hydrogen (secondary N) is 2. The van der Waals surface area contributed by atoms with E-state index in [1.807, 2.05) is 6.92 Å². The summed E-state index contributed by atoms with van der Waals surface area (Å²) in [5.74, 6) is 6.99. The largest absolute Gasteiger partial charge is 0.365 e. The third-order valence-electron chi connectivity index (χ3n) is 3.60. The van der Waals surface area contributed by atoms with Crippen molar-refractivity contribution in [2.45, 2.75) is 51.5 Å². The van der Waals surface area contributed by atoms with Crippen LogP contribution >= 0.6 is 0 Å². The first-order valence-electron chi connectivity index (χ1n) is 6.21. The van der Waals surface area contributed by atoms with Crippen LogP contribution < -0.4 is 16.6 Å². The van der Waals surface area contributed by atoms with Gasteiger partial charge in [-0.15, -0.1) is 0 Å². The summed E-state index contributed by atoms with van der Waals surface area (Å²) in [4.78, 5) is 8.39. The molecule has 5 heteroatoms. The Labute approximate surface area is 102 Å². The van der Waals surface area contributed by atoms with Gasteiger partial charge in [0.2, 0.25) is 0 Å². The van der Waals surface area contributed by atoms with E-state index in [-0.39, 0.29) is 5.54 Å². The fraction of sp³-hybridized carbons (Fsp3) is 0.667. The second-order valence-electron chi connectivity index (χ2n) is 5.09. The van der Waals surface area contributed by atoms with Crippen LogP contribution in [-0.2, 0) is 0 Å². The summed E-state index contributed by atoms with van der Waals surface area (Å²) >= 11 is 0. The molecule has 0 aromatic carbocycles. The molecule has 1 fully saturated rings. The van der Waals surface area contributed by atoms with E-state index in [9.17, 15) is 0 Å². The van der Waals surface area contributed by atoms with Crippen LogP contribution in [0.5, 0.6) is 0 Å². The van der Waals surface area contributed by atoms with E-state index in [1.165, 1.54) is 38.4 Å². The van der Waals surface area contributed by atoms with Gasteiger partial charge < -0.3 is 10.7 Å². The molecule has 1 heterocycles. The molecule has 0 aliphatic heterocycles. The first-order chi connectivity index (χ1) is 8.14. The Kier molecular flexibility index (Phi) is 3.47. The van der Waals surface area contributed by atoms with Gasteiger partial charge in [-0.3, -0.25) is 0 Å². The van der Waals surface area contributed by atoms with Crippen LogP contribution in [0.25, 0.3) is 0 Å². The van der Waals surface area contributed by atoms with Crippen LogP contribution in [0.3, 0.4) is 0 Å². The van der Waals surface area contributed by atoms with E-state index in [0.717, 1.165) is 11.4 Å². The number of hydrogen-bond acceptors (Lipinski definition) is 5. The fourth-order valence-corrected chi connectivity index (χ4v) is 2.46. The van der Waals surface area contributed by atoms with Crippen LogP contribution in [0.1, 0.15) is 44.6 Å². The molecule has 1 saturated carbocycles. The minimum atomic E-state index is 0.156. The van der Waals surface area contributed by atoms with Crippen molar-refractivity contribution in [1.29, 1.82) is 0 Å². The monoisotopic (exact) mass is 235 g/mol. The lowest BCUT2D eigenvalue weighted by atomic mass is 9.83. The molecule has 0 radical (unpaired) electrons. The van der Waals surface area contributed by atoms with E-state index in [0.29, 0.717) is 5.82 Å². The molecule has 0 amide bonds. The highest BCUT2D eigenvalue weighted by atomic mass is 15.3. The summed E-state index contributed by atoms with van der Waals surface area (Å²) < 4.78 is 0. The molecule has 1 aromatic heterocycles. The number of anilines is 2. The number of rotatable bonds is 3. The molecule has 0 unspecified atom stereocenters. The lowest BCUT2D eigenvalue weighted by Crippen LogP contribution is -2.37. The maximum Gasteiger partial charge on any atom is 0.148 e. The molecule has 0 bridgehead atoms. The van der Waals surface area contributed by atoms with Crippen molar-refractivity contribution in [2.75, 3.05) is 10.7 Å². The maximum atomic E-state index is 5.42. The summed E-state index contributed by atoms with van der Waals surface area (Å²) in [5, 5.41) is 3.55. The van der Waals surface area contributed by atoms with E-state index < -0.39 is 0 Å². The van der Waals surface area contributed by atoms with Crippen molar-refractivity contribution >= 4 is 11.6 Å². The Hall–Kier alpha value is -1.36. The van der Waals surface area contributed by atoms with Gasteiger partial charge in [0.15, 0.2) is 0 Å². The van der Waals surface area contributed by atoms with E-state index in [4.69, 9.17) is 5.84 Å². The maximum absolute atomic E-state index is 5.42. The Bertz CT molecular complexity index is 384. The van der Waals surface area contributed by atoms with Crippen LogP contribution in [0.4, 0.5) is 11.6 Å². The van der Waals surface area contributed by atoms with Gasteiger partial charge in [0, 0.05) is 11.1 Å². The van der Waals surface area contributed by atoms with Gasteiger partial charge in [-0.2, -0.15) is 0 Å². The standard InChI is InChI=1S/C12H21N5/c1-9-10(14-8-15-11(9)17-13)16-12(2)6-4-3-5-7-12/h8H,3-7,13H2,1-2H3,(H2,14,15,16,17). The quantitative estimate of drug-likeness (QED) is 0.553. The Balaban J connectivity index is 2.17. The average molecular weight is 235 g/mol. The molecular weight excluding hydrogens is 214 g/mol. The minimum Gasteiger partial charge on any atom is -0.365 e. The smallest absolute Gasteiger partial charge is 0.148 e. The number of hydrazine groups is 1. The summed E-state index contributed by atoms with van der Waals surface area (Å²) in [7, 11) is 0. The van der Waals surface area contributed by atoms with Crippen molar-refractivity contribution in [3.63, 3.8) is 0 Å². The van der Waals surface area contributed by atoms with E-state index >= 15 is 0 Å². The van der Waals surface area contributed by atoms with Crippen LogP contribution in [-0.4, -0.2) is 15.5 Å². The number of nitrogen functional groups attached to an aromatic ring is 1. The number of nitrogens with zero attached hydrogens (tertiary/aromatic N) is 2. The average Bonchev–Trinajstić information content (AvgIpc) is 2.32. The normalized spacial score (nSPS) is 18.8. The highest BCUT2D eigenvalue weighted by Gasteiger charge is 2.27. The van der Waals surface area contributed by atoms with Crippen molar-refractivity contribution in [1.82, 2.24) is 9.97 Å². The zero-order valence-corrected chi connectivity index (χ0v) is 10.6. The fourth-order valence-electron chi connectivity index (χ4n) is 2.46. The molecule has 1 aliphatic carbocycles. The molecule has 0 atom stereocenters. The third kappa shape index (κ3) is 2.66. The molecule has 94 valence electrons. The lowest BCUT2D eigenvalue weighted by molar-refractivity contribution is 0.348. The molecular formula is C12H21N5. The second kappa shape index (κ2) is 4.87. The van der Waals surface area contributed by atoms with Crippen LogP contribution in [0.2, 0.25) is 0 Å². The van der Waals surface area contributed by atoms with Gasteiger partial charge in [0.1, 0.15) is 18.0 Å². The summed E-state index contributed by atoms with van der Waals surface area (Å²) in [6, 6.07) is 0. The Morgan fingerprint density at radius 3 is 2.47 bits per heavy atom. The second-order valence-corrected chi connectivity index (χ2v) is 5.09. The summed E-state index contributed by atoms with van der Waals surface area (Å²) in [6.45, 7) is 4.24. The van der Waals surface area contributed by atoms with Gasteiger partial charge >= 0.3 is 0 Å². The van der Waals surface area contributed by atoms with Crippen LogP contribution in [0, 0.1) is 6.92 Å². The molecule has 4 N–H and O–H groups in total. The topological polar surface area (TPSA) is 75.9 Å². The van der Waals surface area contributed by atoms with E-state index in [2.05, 4.69) is 27.6 Å². The third-order valence-corrected chi connectivity index (χ3v) is 3.60. The molecule has 2 rings (SSSR count). The highest BCUT2D eigenvalue weighted by Crippen LogP contribution is 2.32. The zero-order chi connectivity index (χ0) is 12.3. The number of hydrogen-bond donors (Lipinski definition) is 3. The Morgan fingerprint density at radius 1 is 1.18 bits per heavy atom.